The van der Waals surface area contributed by atoms with E-state index < -0.39 is 0 Å². The topological polar surface area (TPSA) is 35.8 Å². The number of rotatable bonds is 8. The van der Waals surface area contributed by atoms with Crippen LogP contribution in [-0.2, 0) is 0 Å². The van der Waals surface area contributed by atoms with Crippen LogP contribution in [0.4, 0.5) is 0 Å². The number of aliphatic imine (C=N–C) groups is 1. The Morgan fingerprint density at radius 3 is 2.53 bits per heavy atom. The molecule has 0 aliphatic carbocycles. The molecule has 0 atom stereocenters. The molecule has 1 aliphatic heterocycles. The van der Waals surface area contributed by atoms with E-state index in [2.05, 4.69) is 16.8 Å². The quantitative estimate of drug-likeness (QED) is 0.526. The van der Waals surface area contributed by atoms with Gasteiger partial charge in [0.25, 0.3) is 0 Å². The molecule has 17 heavy (non-hydrogen) atoms. The van der Waals surface area contributed by atoms with Crippen molar-refractivity contribution in [2.45, 2.75) is 45.4 Å². The first-order valence-corrected chi connectivity index (χ1v) is 6.27. The van der Waals surface area contributed by atoms with Gasteiger partial charge in [0.05, 0.1) is 19.0 Å². The predicted octanol–water partition coefficient (Wildman–Crippen LogP) is 1.29. The zero-order valence-electron chi connectivity index (χ0n) is 11.9. The van der Waals surface area contributed by atoms with Crippen LogP contribution in [0.25, 0.3) is 0 Å². The van der Waals surface area contributed by atoms with Gasteiger partial charge in [-0.25, -0.2) is 0 Å². The second kappa shape index (κ2) is 13.9. The summed E-state index contributed by atoms with van der Waals surface area (Å²) in [6, 6.07) is 0. The van der Waals surface area contributed by atoms with Gasteiger partial charge < -0.3 is 10.0 Å². The number of aliphatic hydroxyl groups excluding tert-OH is 1. The minimum absolute atomic E-state index is 0. The molecule has 0 aromatic rings. The number of hydrogen-bond donors (Lipinski definition) is 1. The molecule has 1 heterocycles. The van der Waals surface area contributed by atoms with Crippen molar-refractivity contribution in [3.05, 3.63) is 0 Å². The molecule has 0 saturated carbocycles. The molecule has 0 amide bonds. The van der Waals surface area contributed by atoms with E-state index in [9.17, 15) is 0 Å². The number of unbranched alkanes of at least 4 members (excludes halogenated alkanes) is 4. The van der Waals surface area contributed by atoms with Crippen LogP contribution in [0.15, 0.2) is 4.99 Å². The second-order valence-electron chi connectivity index (χ2n) is 4.17. The molecule has 0 fully saturated rings. The summed E-state index contributed by atoms with van der Waals surface area (Å²) < 4.78 is 0. The molecule has 0 unspecified atom stereocenters. The summed E-state index contributed by atoms with van der Waals surface area (Å²) in [5.41, 5.74) is 0. The van der Waals surface area contributed by atoms with Crippen LogP contribution in [0, 0.1) is 0 Å². The van der Waals surface area contributed by atoms with E-state index in [1.54, 1.807) is 0 Å². The maximum atomic E-state index is 8.89. The zero-order chi connectivity index (χ0) is 10.9. The molecule has 3 nitrogen and oxygen atoms in total. The Bertz CT molecular complexity index is 201. The van der Waals surface area contributed by atoms with Crippen LogP contribution in [-0.4, -0.2) is 101 Å². The number of nitrogens with zero attached hydrogens (tertiary/aromatic N) is 2. The standard InChI is InChI=1S/C12H24N2O.2Na/c1-2-3-4-5-6-7-12-13-8-9-14(12)10-11-15;;/h15H,2-11H2,1H3;;. The smallest absolute Gasteiger partial charge is 0.0991 e. The average Bonchev–Trinajstić information content (AvgIpc) is 2.66. The number of hydrogen-bond acceptors (Lipinski definition) is 3. The van der Waals surface area contributed by atoms with Gasteiger partial charge in [0.2, 0.25) is 0 Å². The zero-order valence-corrected chi connectivity index (χ0v) is 15.9. The molecule has 1 rings (SSSR count). The molecule has 5 heteroatoms. The molecule has 0 aromatic carbocycles. The molecule has 0 aromatic heterocycles. The second-order valence-corrected chi connectivity index (χ2v) is 4.17. The summed E-state index contributed by atoms with van der Waals surface area (Å²) in [6.07, 6.45) is 7.68. The van der Waals surface area contributed by atoms with Gasteiger partial charge in [0, 0.05) is 78.6 Å². The van der Waals surface area contributed by atoms with E-state index in [0.29, 0.717) is 0 Å². The van der Waals surface area contributed by atoms with Gasteiger partial charge in [-0.05, 0) is 6.42 Å². The van der Waals surface area contributed by atoms with Crippen LogP contribution in [0.3, 0.4) is 0 Å². The van der Waals surface area contributed by atoms with Crippen molar-refractivity contribution in [3.63, 3.8) is 0 Å². The van der Waals surface area contributed by atoms with Crippen LogP contribution >= 0.6 is 0 Å². The largest absolute Gasteiger partial charge is 0.395 e. The summed E-state index contributed by atoms with van der Waals surface area (Å²) >= 11 is 0. The fourth-order valence-electron chi connectivity index (χ4n) is 2.01. The molecular formula is C12H24N2Na2O. The summed E-state index contributed by atoms with van der Waals surface area (Å²) in [5, 5.41) is 8.89. The molecule has 0 saturated heterocycles. The Kier molecular flexibility index (Phi) is 16.9. The molecule has 0 spiro atoms. The Labute approximate surface area is 150 Å². The molecular weight excluding hydrogens is 234 g/mol. The van der Waals surface area contributed by atoms with Crippen molar-refractivity contribution >= 4 is 65.0 Å². The first-order chi connectivity index (χ1) is 7.38. The fraction of sp³-hybridized carbons (Fsp3) is 0.917. The average molecular weight is 258 g/mol. The van der Waals surface area contributed by atoms with Crippen molar-refractivity contribution in [1.82, 2.24) is 4.90 Å². The monoisotopic (exact) mass is 258 g/mol. The van der Waals surface area contributed by atoms with E-state index in [-0.39, 0.29) is 65.7 Å². The maximum absolute atomic E-state index is 8.89. The first-order valence-electron chi connectivity index (χ1n) is 6.27. The van der Waals surface area contributed by atoms with E-state index in [1.807, 2.05) is 0 Å². The Morgan fingerprint density at radius 2 is 1.88 bits per heavy atom. The van der Waals surface area contributed by atoms with Gasteiger partial charge >= 0.3 is 0 Å². The van der Waals surface area contributed by atoms with Gasteiger partial charge in [0.1, 0.15) is 0 Å². The van der Waals surface area contributed by atoms with Crippen molar-refractivity contribution in [2.75, 3.05) is 26.2 Å². The van der Waals surface area contributed by atoms with Gasteiger partial charge in [-0.15, -0.1) is 0 Å². The number of β-amino-alcohol motifs (C(OH)–C–C–N with tert-alkyl or cyclic N) is 1. The van der Waals surface area contributed by atoms with Crippen LogP contribution in [0.1, 0.15) is 45.4 Å². The van der Waals surface area contributed by atoms with Gasteiger partial charge in [-0.3, -0.25) is 4.99 Å². The minimum atomic E-state index is 0. The third-order valence-electron chi connectivity index (χ3n) is 2.90. The normalized spacial score (nSPS) is 14.0. The van der Waals surface area contributed by atoms with Gasteiger partial charge in [0.15, 0.2) is 0 Å². The number of amidine groups is 1. The number of aliphatic hydroxyl groups is 1. The van der Waals surface area contributed by atoms with Crippen LogP contribution in [0.2, 0.25) is 0 Å². The Balaban J connectivity index is 0. The maximum Gasteiger partial charge on any atom is 0.0991 e. The van der Waals surface area contributed by atoms with Crippen molar-refractivity contribution < 1.29 is 5.11 Å². The molecule has 1 N–H and O–H groups in total. The summed E-state index contributed by atoms with van der Waals surface area (Å²) in [5.74, 6) is 1.22. The summed E-state index contributed by atoms with van der Waals surface area (Å²) in [7, 11) is 0. The van der Waals surface area contributed by atoms with Crippen molar-refractivity contribution in [2.24, 2.45) is 4.99 Å². The minimum Gasteiger partial charge on any atom is -0.395 e. The van der Waals surface area contributed by atoms with Gasteiger partial charge in [-0.2, -0.15) is 0 Å². The van der Waals surface area contributed by atoms with Crippen molar-refractivity contribution in [3.8, 4) is 0 Å². The predicted molar refractivity (Wildman–Crippen MR) is 75.8 cm³/mol. The van der Waals surface area contributed by atoms with E-state index in [1.165, 1.54) is 37.9 Å². The van der Waals surface area contributed by atoms with Gasteiger partial charge in [-0.1, -0.05) is 32.6 Å². The summed E-state index contributed by atoms with van der Waals surface area (Å²) in [4.78, 5) is 6.71. The fourth-order valence-corrected chi connectivity index (χ4v) is 2.01. The van der Waals surface area contributed by atoms with E-state index in [0.717, 1.165) is 26.1 Å². The van der Waals surface area contributed by atoms with Crippen LogP contribution in [0.5, 0.6) is 0 Å². The van der Waals surface area contributed by atoms with E-state index >= 15 is 0 Å². The molecule has 0 bridgehead atoms. The third-order valence-corrected chi connectivity index (χ3v) is 2.90. The summed E-state index contributed by atoms with van der Waals surface area (Å²) in [6.45, 7) is 5.17. The van der Waals surface area contributed by atoms with Crippen molar-refractivity contribution in [1.29, 1.82) is 0 Å². The Hall–Kier alpha value is 1.43. The van der Waals surface area contributed by atoms with E-state index in [4.69, 9.17) is 5.11 Å². The third kappa shape index (κ3) is 9.04. The molecule has 2 radical (unpaired) electrons. The molecule has 1 aliphatic rings. The van der Waals surface area contributed by atoms with Crippen LogP contribution < -0.4 is 0 Å². The first kappa shape index (κ1) is 20.7. The molecule has 90 valence electrons. The SMILES string of the molecule is CCCCCCCC1=NCCN1CCO.[Na].[Na]. The Morgan fingerprint density at radius 1 is 1.18 bits per heavy atom.